The summed E-state index contributed by atoms with van der Waals surface area (Å²) in [6.45, 7) is 2.22. The van der Waals surface area contributed by atoms with Crippen LogP contribution >= 0.6 is 0 Å². The minimum absolute atomic E-state index is 0.142. The Morgan fingerprint density at radius 3 is 2.78 bits per heavy atom. The molecule has 1 heterocycles. The first-order valence-corrected chi connectivity index (χ1v) is 7.82. The first-order valence-electron chi connectivity index (χ1n) is 7.82. The van der Waals surface area contributed by atoms with Crippen LogP contribution in [0.25, 0.3) is 11.1 Å². The number of hydrogen-bond acceptors (Lipinski definition) is 4. The molecule has 0 aromatic heterocycles. The maximum atomic E-state index is 11.6. The Kier molecular flexibility index (Phi) is 4.51. The lowest BCUT2D eigenvalue weighted by molar-refractivity contribution is -0.143. The van der Waals surface area contributed by atoms with Gasteiger partial charge in [0.15, 0.2) is 0 Å². The maximum Gasteiger partial charge on any atom is 0.305 e. The van der Waals surface area contributed by atoms with Crippen molar-refractivity contribution in [3.8, 4) is 22.6 Å². The summed E-state index contributed by atoms with van der Waals surface area (Å²) in [5.41, 5.74) is 3.24. The van der Waals surface area contributed by atoms with Gasteiger partial charge in [0.25, 0.3) is 0 Å². The quantitative estimate of drug-likeness (QED) is 0.778. The van der Waals surface area contributed by atoms with Crippen LogP contribution in [0.2, 0.25) is 0 Å². The summed E-state index contributed by atoms with van der Waals surface area (Å²) in [5, 5.41) is 0. The Balaban J connectivity index is 1.89. The van der Waals surface area contributed by atoms with Crippen LogP contribution in [0.1, 0.15) is 31.4 Å². The lowest BCUT2D eigenvalue weighted by Gasteiger charge is -2.29. The van der Waals surface area contributed by atoms with Crippen LogP contribution in [0.3, 0.4) is 0 Å². The molecule has 0 saturated heterocycles. The van der Waals surface area contributed by atoms with Gasteiger partial charge in [0.2, 0.25) is 0 Å². The number of benzene rings is 2. The molecule has 4 heteroatoms. The molecule has 1 aliphatic rings. The van der Waals surface area contributed by atoms with Gasteiger partial charge in [-0.15, -0.1) is 0 Å². The van der Waals surface area contributed by atoms with Crippen LogP contribution in [0.4, 0.5) is 0 Å². The van der Waals surface area contributed by atoms with Crippen LogP contribution in [0, 0.1) is 0 Å². The Morgan fingerprint density at radius 2 is 2.00 bits per heavy atom. The van der Waals surface area contributed by atoms with E-state index in [1.807, 2.05) is 43.3 Å². The van der Waals surface area contributed by atoms with Gasteiger partial charge < -0.3 is 14.2 Å². The summed E-state index contributed by atoms with van der Waals surface area (Å²) < 4.78 is 16.4. The highest BCUT2D eigenvalue weighted by Gasteiger charge is 2.26. The summed E-state index contributed by atoms with van der Waals surface area (Å²) in [6, 6.07) is 13.9. The first-order chi connectivity index (χ1) is 11.2. The predicted molar refractivity (Wildman–Crippen MR) is 87.7 cm³/mol. The molecule has 0 spiro atoms. The SMILES string of the molecule is CCOC(=O)CCC1Oc2ccc(OC)cc2-c2ccccc21. The molecule has 2 aromatic rings. The van der Waals surface area contributed by atoms with Crippen molar-refractivity contribution in [1.29, 1.82) is 0 Å². The maximum absolute atomic E-state index is 11.6. The van der Waals surface area contributed by atoms with E-state index in [1.165, 1.54) is 0 Å². The summed E-state index contributed by atoms with van der Waals surface area (Å²) in [4.78, 5) is 11.6. The van der Waals surface area contributed by atoms with Crippen LogP contribution < -0.4 is 9.47 Å². The number of esters is 1. The van der Waals surface area contributed by atoms with Gasteiger partial charge >= 0.3 is 5.97 Å². The third kappa shape index (κ3) is 3.16. The lowest BCUT2D eigenvalue weighted by Crippen LogP contribution is -2.16. The number of rotatable bonds is 5. The van der Waals surface area contributed by atoms with Crippen molar-refractivity contribution in [1.82, 2.24) is 0 Å². The summed E-state index contributed by atoms with van der Waals surface area (Å²) in [5.74, 6) is 1.43. The van der Waals surface area contributed by atoms with Crippen LogP contribution in [-0.2, 0) is 9.53 Å². The molecule has 3 rings (SSSR count). The zero-order valence-corrected chi connectivity index (χ0v) is 13.4. The van der Waals surface area contributed by atoms with E-state index in [2.05, 4.69) is 6.07 Å². The Bertz CT molecular complexity index is 708. The molecular formula is C19H20O4. The fraction of sp³-hybridized carbons (Fsp3) is 0.316. The number of carbonyl (C=O) groups is 1. The number of ether oxygens (including phenoxy) is 3. The normalized spacial score (nSPS) is 15.1. The number of methoxy groups -OCH3 is 1. The zero-order chi connectivity index (χ0) is 16.2. The number of carbonyl (C=O) groups excluding carboxylic acids is 1. The van der Waals surface area contributed by atoms with E-state index in [-0.39, 0.29) is 12.1 Å². The molecule has 2 aromatic carbocycles. The van der Waals surface area contributed by atoms with Crippen molar-refractivity contribution in [2.45, 2.75) is 25.9 Å². The first kappa shape index (κ1) is 15.4. The van der Waals surface area contributed by atoms with Crippen molar-refractivity contribution in [3.63, 3.8) is 0 Å². The lowest BCUT2D eigenvalue weighted by atomic mass is 9.91. The molecular weight excluding hydrogens is 292 g/mol. The van der Waals surface area contributed by atoms with Gasteiger partial charge in [-0.2, -0.15) is 0 Å². The Labute approximate surface area is 136 Å². The highest BCUT2D eigenvalue weighted by molar-refractivity contribution is 5.77. The smallest absolute Gasteiger partial charge is 0.305 e. The van der Waals surface area contributed by atoms with Gasteiger partial charge in [0, 0.05) is 17.5 Å². The second-order valence-electron chi connectivity index (χ2n) is 5.40. The fourth-order valence-corrected chi connectivity index (χ4v) is 2.89. The molecule has 120 valence electrons. The molecule has 0 aliphatic carbocycles. The number of fused-ring (bicyclic) bond motifs is 3. The summed E-state index contributed by atoms with van der Waals surface area (Å²) in [7, 11) is 1.65. The molecule has 1 unspecified atom stereocenters. The van der Waals surface area contributed by atoms with Crippen molar-refractivity contribution in [2.24, 2.45) is 0 Å². The fourth-order valence-electron chi connectivity index (χ4n) is 2.89. The van der Waals surface area contributed by atoms with Gasteiger partial charge in [-0.05, 0) is 37.1 Å². The third-order valence-electron chi connectivity index (χ3n) is 3.97. The van der Waals surface area contributed by atoms with Gasteiger partial charge in [-0.25, -0.2) is 0 Å². The average molecular weight is 312 g/mol. The molecule has 0 amide bonds. The topological polar surface area (TPSA) is 44.8 Å². The van der Waals surface area contributed by atoms with Crippen LogP contribution in [0.15, 0.2) is 42.5 Å². The van der Waals surface area contributed by atoms with E-state index in [0.29, 0.717) is 19.4 Å². The van der Waals surface area contributed by atoms with E-state index < -0.39 is 0 Å². The minimum atomic E-state index is -0.186. The second kappa shape index (κ2) is 6.73. The second-order valence-corrected chi connectivity index (χ2v) is 5.40. The number of hydrogen-bond donors (Lipinski definition) is 0. The van der Waals surface area contributed by atoms with Crippen molar-refractivity contribution >= 4 is 5.97 Å². The zero-order valence-electron chi connectivity index (χ0n) is 13.4. The van der Waals surface area contributed by atoms with Gasteiger partial charge in [0.1, 0.15) is 17.6 Å². The highest BCUT2D eigenvalue weighted by Crippen LogP contribution is 2.45. The molecule has 1 atom stereocenters. The van der Waals surface area contributed by atoms with Crippen LogP contribution in [0.5, 0.6) is 11.5 Å². The van der Waals surface area contributed by atoms with Gasteiger partial charge in [-0.3, -0.25) is 4.79 Å². The van der Waals surface area contributed by atoms with E-state index in [1.54, 1.807) is 7.11 Å². The van der Waals surface area contributed by atoms with Crippen molar-refractivity contribution in [2.75, 3.05) is 13.7 Å². The molecule has 0 N–H and O–H groups in total. The van der Waals surface area contributed by atoms with Gasteiger partial charge in [-0.1, -0.05) is 24.3 Å². The van der Waals surface area contributed by atoms with E-state index in [9.17, 15) is 4.79 Å². The molecule has 1 aliphatic heterocycles. The standard InChI is InChI=1S/C19H20O4/c1-3-22-19(20)11-10-17-15-7-5-4-6-14(15)16-12-13(21-2)8-9-18(16)23-17/h4-9,12,17H,3,10-11H2,1-2H3. The monoisotopic (exact) mass is 312 g/mol. The highest BCUT2D eigenvalue weighted by atomic mass is 16.5. The molecule has 23 heavy (non-hydrogen) atoms. The van der Waals surface area contributed by atoms with E-state index >= 15 is 0 Å². The molecule has 0 fully saturated rings. The summed E-state index contributed by atoms with van der Waals surface area (Å²) >= 11 is 0. The Hall–Kier alpha value is -2.49. The van der Waals surface area contributed by atoms with Crippen LogP contribution in [-0.4, -0.2) is 19.7 Å². The minimum Gasteiger partial charge on any atom is -0.497 e. The summed E-state index contributed by atoms with van der Waals surface area (Å²) in [6.07, 6.45) is 0.802. The molecule has 0 bridgehead atoms. The Morgan fingerprint density at radius 1 is 1.17 bits per heavy atom. The largest absolute Gasteiger partial charge is 0.497 e. The van der Waals surface area contributed by atoms with Gasteiger partial charge in [0.05, 0.1) is 13.7 Å². The van der Waals surface area contributed by atoms with E-state index in [0.717, 1.165) is 28.2 Å². The van der Waals surface area contributed by atoms with E-state index in [4.69, 9.17) is 14.2 Å². The average Bonchev–Trinajstić information content (AvgIpc) is 2.59. The van der Waals surface area contributed by atoms with Crippen molar-refractivity contribution < 1.29 is 19.0 Å². The third-order valence-corrected chi connectivity index (χ3v) is 3.97. The van der Waals surface area contributed by atoms with Crippen molar-refractivity contribution in [3.05, 3.63) is 48.0 Å². The molecule has 4 nitrogen and oxygen atoms in total. The molecule has 0 radical (unpaired) electrons. The molecule has 0 saturated carbocycles. The predicted octanol–water partition coefficient (Wildman–Crippen LogP) is 4.14.